The van der Waals surface area contributed by atoms with Gasteiger partial charge in [-0.2, -0.15) is 0 Å². The Morgan fingerprint density at radius 2 is 2.14 bits per heavy atom. The highest BCUT2D eigenvalue weighted by atomic mass is 19.1. The maximum absolute atomic E-state index is 13.3. The first kappa shape index (κ1) is 15.8. The van der Waals surface area contributed by atoms with E-state index < -0.39 is 11.5 Å². The molecule has 1 aliphatic rings. The van der Waals surface area contributed by atoms with Gasteiger partial charge in [-0.05, 0) is 57.9 Å². The minimum Gasteiger partial charge on any atom is -0.480 e. The minimum atomic E-state index is -1.02. The summed E-state index contributed by atoms with van der Waals surface area (Å²) in [4.78, 5) is 14.1. The van der Waals surface area contributed by atoms with E-state index in [1.807, 2.05) is 0 Å². The number of likely N-dealkylation sites (tertiary alicyclic amines) is 1. The highest BCUT2D eigenvalue weighted by Crippen LogP contribution is 2.28. The second kappa shape index (κ2) is 6.43. The summed E-state index contributed by atoms with van der Waals surface area (Å²) in [6.07, 6.45) is 1.87. The highest BCUT2D eigenvalue weighted by Gasteiger charge is 2.40. The summed E-state index contributed by atoms with van der Waals surface area (Å²) < 4.78 is 13.3. The van der Waals surface area contributed by atoms with Crippen LogP contribution in [0.4, 0.5) is 10.1 Å². The number of hydrogen-bond acceptors (Lipinski definition) is 3. The summed E-state index contributed by atoms with van der Waals surface area (Å²) in [5, 5.41) is 12.8. The molecule has 1 aromatic carbocycles. The molecule has 0 bridgehead atoms. The van der Waals surface area contributed by atoms with Crippen molar-refractivity contribution in [2.75, 3.05) is 18.4 Å². The van der Waals surface area contributed by atoms with Crippen molar-refractivity contribution in [3.63, 3.8) is 0 Å². The Labute approximate surface area is 125 Å². The Kier molecular flexibility index (Phi) is 4.83. The Balaban J connectivity index is 2.19. The number of halogens is 1. The van der Waals surface area contributed by atoms with Gasteiger partial charge in [0.1, 0.15) is 11.4 Å². The molecule has 2 N–H and O–H groups in total. The Hall–Kier alpha value is -1.62. The number of anilines is 1. The number of carbonyl (C=O) groups is 1. The molecule has 0 aromatic heterocycles. The number of aliphatic carboxylic acids is 1. The topological polar surface area (TPSA) is 52.6 Å². The molecule has 1 unspecified atom stereocenters. The van der Waals surface area contributed by atoms with E-state index in [2.05, 4.69) is 24.1 Å². The van der Waals surface area contributed by atoms with Crippen LogP contribution in [0.5, 0.6) is 0 Å². The van der Waals surface area contributed by atoms with Crippen molar-refractivity contribution in [1.29, 1.82) is 0 Å². The summed E-state index contributed by atoms with van der Waals surface area (Å²) >= 11 is 0. The fraction of sp³-hybridized carbons (Fsp3) is 0.562. The van der Waals surface area contributed by atoms with E-state index in [1.54, 1.807) is 12.1 Å². The molecule has 21 heavy (non-hydrogen) atoms. The number of hydrogen-bond donors (Lipinski definition) is 2. The zero-order valence-corrected chi connectivity index (χ0v) is 12.6. The van der Waals surface area contributed by atoms with Crippen LogP contribution in [0, 0.1) is 5.82 Å². The van der Waals surface area contributed by atoms with E-state index >= 15 is 0 Å². The van der Waals surface area contributed by atoms with Gasteiger partial charge in [0.15, 0.2) is 0 Å². The van der Waals surface area contributed by atoms with E-state index in [1.165, 1.54) is 12.1 Å². The third kappa shape index (κ3) is 3.73. The molecule has 1 atom stereocenters. The second-order valence-corrected chi connectivity index (χ2v) is 6.01. The lowest BCUT2D eigenvalue weighted by molar-refractivity contribution is -0.142. The molecule has 4 nitrogen and oxygen atoms in total. The third-order valence-corrected chi connectivity index (χ3v) is 4.22. The molecule has 1 aromatic rings. The Morgan fingerprint density at radius 3 is 2.76 bits per heavy atom. The smallest absolute Gasteiger partial charge is 0.329 e. The molecule has 2 rings (SSSR count). The van der Waals surface area contributed by atoms with Crippen LogP contribution in [0.25, 0.3) is 0 Å². The third-order valence-electron chi connectivity index (χ3n) is 4.22. The molecule has 0 aliphatic carbocycles. The van der Waals surface area contributed by atoms with E-state index in [4.69, 9.17) is 0 Å². The SMILES string of the molecule is CC(C)N1CCCC(Nc2cccc(F)c2)(C(=O)O)CC1. The predicted molar refractivity (Wildman–Crippen MR) is 80.9 cm³/mol. The van der Waals surface area contributed by atoms with Gasteiger partial charge in [0.25, 0.3) is 0 Å². The molecule has 116 valence electrons. The first-order valence-electron chi connectivity index (χ1n) is 7.44. The maximum atomic E-state index is 13.3. The minimum absolute atomic E-state index is 0.363. The second-order valence-electron chi connectivity index (χ2n) is 6.01. The van der Waals surface area contributed by atoms with Crippen molar-refractivity contribution in [3.05, 3.63) is 30.1 Å². The van der Waals surface area contributed by atoms with Crippen LogP contribution >= 0.6 is 0 Å². The van der Waals surface area contributed by atoms with Crippen LogP contribution in [-0.4, -0.2) is 40.6 Å². The van der Waals surface area contributed by atoms with Gasteiger partial charge >= 0.3 is 5.97 Å². The molecular weight excluding hydrogens is 271 g/mol. The molecule has 1 fully saturated rings. The van der Waals surface area contributed by atoms with Crippen LogP contribution in [0.3, 0.4) is 0 Å². The van der Waals surface area contributed by atoms with Crippen LogP contribution in [0.1, 0.15) is 33.1 Å². The standard InChI is InChI=1S/C16H23FN2O2/c1-12(2)19-9-4-7-16(8-10-19,15(20)21)18-14-6-3-5-13(17)11-14/h3,5-6,11-12,18H,4,7-10H2,1-2H3,(H,20,21). The largest absolute Gasteiger partial charge is 0.480 e. The van der Waals surface area contributed by atoms with E-state index in [9.17, 15) is 14.3 Å². The van der Waals surface area contributed by atoms with Crippen molar-refractivity contribution >= 4 is 11.7 Å². The van der Waals surface area contributed by atoms with Crippen LogP contribution in [0.15, 0.2) is 24.3 Å². The fourth-order valence-corrected chi connectivity index (χ4v) is 2.91. The average molecular weight is 294 g/mol. The van der Waals surface area contributed by atoms with E-state index in [-0.39, 0.29) is 5.82 Å². The molecule has 0 spiro atoms. The van der Waals surface area contributed by atoms with Gasteiger partial charge in [-0.1, -0.05) is 6.07 Å². The Morgan fingerprint density at radius 1 is 1.38 bits per heavy atom. The van der Waals surface area contributed by atoms with Crippen molar-refractivity contribution in [2.24, 2.45) is 0 Å². The number of carboxylic acid groups (broad SMARTS) is 1. The number of nitrogens with zero attached hydrogens (tertiary/aromatic N) is 1. The normalized spacial score (nSPS) is 23.8. The van der Waals surface area contributed by atoms with Crippen LogP contribution < -0.4 is 5.32 Å². The maximum Gasteiger partial charge on any atom is 0.329 e. The molecular formula is C16H23FN2O2. The summed E-state index contributed by atoms with van der Waals surface area (Å²) in [6, 6.07) is 6.40. The lowest BCUT2D eigenvalue weighted by atomic mass is 9.90. The lowest BCUT2D eigenvalue weighted by Crippen LogP contribution is -2.47. The predicted octanol–water partition coefficient (Wildman–Crippen LogP) is 2.96. The van der Waals surface area contributed by atoms with Gasteiger partial charge in [-0.25, -0.2) is 9.18 Å². The number of rotatable bonds is 4. The van der Waals surface area contributed by atoms with Crippen molar-refractivity contribution in [2.45, 2.75) is 44.7 Å². The molecule has 5 heteroatoms. The molecule has 0 amide bonds. The monoisotopic (exact) mass is 294 g/mol. The average Bonchev–Trinajstić information content (AvgIpc) is 2.62. The Bertz CT molecular complexity index is 507. The van der Waals surface area contributed by atoms with E-state index in [0.29, 0.717) is 24.6 Å². The number of benzene rings is 1. The first-order valence-corrected chi connectivity index (χ1v) is 7.44. The summed E-state index contributed by atoms with van der Waals surface area (Å²) in [5.74, 6) is -1.23. The first-order chi connectivity index (χ1) is 9.93. The van der Waals surface area contributed by atoms with Crippen LogP contribution in [-0.2, 0) is 4.79 Å². The zero-order valence-electron chi connectivity index (χ0n) is 12.6. The zero-order chi connectivity index (χ0) is 15.5. The van der Waals surface area contributed by atoms with Crippen molar-refractivity contribution in [1.82, 2.24) is 4.90 Å². The quantitative estimate of drug-likeness (QED) is 0.896. The van der Waals surface area contributed by atoms with Gasteiger partial charge in [0.2, 0.25) is 0 Å². The van der Waals surface area contributed by atoms with Crippen molar-refractivity contribution in [3.8, 4) is 0 Å². The lowest BCUT2D eigenvalue weighted by Gasteiger charge is -2.31. The van der Waals surface area contributed by atoms with Crippen molar-refractivity contribution < 1.29 is 14.3 Å². The van der Waals surface area contributed by atoms with Gasteiger partial charge in [-0.15, -0.1) is 0 Å². The molecule has 0 radical (unpaired) electrons. The van der Waals surface area contributed by atoms with Crippen LogP contribution in [0.2, 0.25) is 0 Å². The summed E-state index contributed by atoms with van der Waals surface area (Å²) in [5.41, 5.74) is -0.493. The summed E-state index contributed by atoms with van der Waals surface area (Å²) in [7, 11) is 0. The van der Waals surface area contributed by atoms with Gasteiger partial charge in [-0.3, -0.25) is 0 Å². The molecule has 1 aliphatic heterocycles. The highest BCUT2D eigenvalue weighted by molar-refractivity contribution is 5.82. The molecule has 1 heterocycles. The van der Waals surface area contributed by atoms with Gasteiger partial charge in [0, 0.05) is 18.3 Å². The fourth-order valence-electron chi connectivity index (χ4n) is 2.91. The van der Waals surface area contributed by atoms with Gasteiger partial charge < -0.3 is 15.3 Å². The number of carboxylic acids is 1. The molecule has 1 saturated heterocycles. The summed E-state index contributed by atoms with van der Waals surface area (Å²) in [6.45, 7) is 5.87. The number of nitrogens with one attached hydrogen (secondary N) is 1. The van der Waals surface area contributed by atoms with Gasteiger partial charge in [0.05, 0.1) is 0 Å². The molecule has 0 saturated carbocycles. The van der Waals surface area contributed by atoms with E-state index in [0.717, 1.165) is 19.5 Å².